The topological polar surface area (TPSA) is 80.3 Å². The smallest absolute Gasteiger partial charge is 0.226 e. The number of hydrogen-bond donors (Lipinski definition) is 1. The molecule has 5 nitrogen and oxygen atoms in total. The molecule has 1 saturated carbocycles. The fourth-order valence-corrected chi connectivity index (χ4v) is 3.00. The van der Waals surface area contributed by atoms with Crippen molar-refractivity contribution in [3.63, 3.8) is 0 Å². The van der Waals surface area contributed by atoms with Crippen molar-refractivity contribution in [2.45, 2.75) is 45.4 Å². The summed E-state index contributed by atoms with van der Waals surface area (Å²) in [5.74, 6) is -1.50. The highest BCUT2D eigenvalue weighted by Crippen LogP contribution is 2.29. The highest BCUT2D eigenvalue weighted by Gasteiger charge is 2.35. The van der Waals surface area contributed by atoms with E-state index in [1.54, 1.807) is 0 Å². The van der Waals surface area contributed by atoms with E-state index in [9.17, 15) is 19.2 Å². The minimum Gasteiger partial charge on any atom is -0.299 e. The number of Topliss-reactive ketones (excluding diaryl/α,β-unsaturated/α-hetero) is 2. The number of rotatable bonds is 3. The molecule has 2 amide bonds. The third-order valence-corrected chi connectivity index (χ3v) is 4.06. The Labute approximate surface area is 112 Å². The number of ketones is 2. The molecule has 1 aliphatic carbocycles. The van der Waals surface area contributed by atoms with Crippen LogP contribution in [0.4, 0.5) is 0 Å². The second kappa shape index (κ2) is 5.63. The molecule has 0 radical (unpaired) electrons. The van der Waals surface area contributed by atoms with E-state index in [1.165, 1.54) is 0 Å². The molecule has 19 heavy (non-hydrogen) atoms. The quantitative estimate of drug-likeness (QED) is 0.610. The largest absolute Gasteiger partial charge is 0.299 e. The van der Waals surface area contributed by atoms with Gasteiger partial charge in [0.15, 0.2) is 0 Å². The second-order valence-corrected chi connectivity index (χ2v) is 5.70. The molecule has 1 saturated heterocycles. The van der Waals surface area contributed by atoms with E-state index in [-0.39, 0.29) is 54.5 Å². The van der Waals surface area contributed by atoms with Crippen molar-refractivity contribution in [1.29, 1.82) is 0 Å². The van der Waals surface area contributed by atoms with Crippen LogP contribution in [-0.4, -0.2) is 23.4 Å². The summed E-state index contributed by atoms with van der Waals surface area (Å²) >= 11 is 0. The summed E-state index contributed by atoms with van der Waals surface area (Å²) in [6.07, 6.45) is 2.94. The van der Waals surface area contributed by atoms with E-state index >= 15 is 0 Å². The van der Waals surface area contributed by atoms with Gasteiger partial charge in [-0.15, -0.1) is 0 Å². The van der Waals surface area contributed by atoms with Crippen LogP contribution in [0.2, 0.25) is 0 Å². The number of imide groups is 1. The van der Waals surface area contributed by atoms with Gasteiger partial charge >= 0.3 is 0 Å². The van der Waals surface area contributed by atoms with Gasteiger partial charge < -0.3 is 0 Å². The lowest BCUT2D eigenvalue weighted by molar-refractivity contribution is -0.138. The molecule has 104 valence electrons. The first-order chi connectivity index (χ1) is 8.97. The standard InChI is InChI=1S/C14H19NO4/c1-8-3-2-4-10(14(8)19)11(16)5-9-6-12(17)15-13(18)7-9/h8-10H,2-7H2,1H3,(H,15,17,18)/t8-,10+/m1/s1. The summed E-state index contributed by atoms with van der Waals surface area (Å²) in [5.41, 5.74) is 0. The highest BCUT2D eigenvalue weighted by atomic mass is 16.2. The number of carbonyl (C=O) groups excluding carboxylic acids is 4. The predicted molar refractivity (Wildman–Crippen MR) is 67.0 cm³/mol. The van der Waals surface area contributed by atoms with Crippen molar-refractivity contribution in [2.24, 2.45) is 17.8 Å². The second-order valence-electron chi connectivity index (χ2n) is 5.70. The number of amides is 2. The summed E-state index contributed by atoms with van der Waals surface area (Å²) in [5, 5.41) is 2.22. The van der Waals surface area contributed by atoms with E-state index in [0.717, 1.165) is 12.8 Å². The van der Waals surface area contributed by atoms with Crippen LogP contribution < -0.4 is 5.32 Å². The minimum atomic E-state index is -0.510. The van der Waals surface area contributed by atoms with Gasteiger partial charge in [0, 0.05) is 25.2 Å². The Balaban J connectivity index is 1.95. The van der Waals surface area contributed by atoms with Crippen LogP contribution in [0.25, 0.3) is 0 Å². The highest BCUT2D eigenvalue weighted by molar-refractivity contribution is 6.04. The number of hydrogen-bond acceptors (Lipinski definition) is 4. The van der Waals surface area contributed by atoms with Crippen molar-refractivity contribution >= 4 is 23.4 Å². The van der Waals surface area contributed by atoms with Gasteiger partial charge in [-0.25, -0.2) is 0 Å². The lowest BCUT2D eigenvalue weighted by Gasteiger charge is -2.26. The Bertz CT molecular complexity index is 413. The number of carbonyl (C=O) groups is 4. The van der Waals surface area contributed by atoms with Crippen LogP contribution in [0.3, 0.4) is 0 Å². The number of nitrogens with one attached hydrogen (secondary N) is 1. The maximum absolute atomic E-state index is 12.2. The van der Waals surface area contributed by atoms with Crippen LogP contribution in [-0.2, 0) is 19.2 Å². The summed E-state index contributed by atoms with van der Waals surface area (Å²) < 4.78 is 0. The maximum atomic E-state index is 12.2. The van der Waals surface area contributed by atoms with Gasteiger partial charge in [0.1, 0.15) is 11.6 Å². The molecule has 1 N–H and O–H groups in total. The summed E-state index contributed by atoms with van der Waals surface area (Å²) in [6, 6.07) is 0. The molecular weight excluding hydrogens is 246 g/mol. The van der Waals surface area contributed by atoms with Gasteiger partial charge in [-0.05, 0) is 18.8 Å². The molecule has 0 unspecified atom stereocenters. The molecular formula is C14H19NO4. The van der Waals surface area contributed by atoms with E-state index in [2.05, 4.69) is 5.32 Å². The minimum absolute atomic E-state index is 0.0304. The molecule has 0 aromatic heterocycles. The van der Waals surface area contributed by atoms with Gasteiger partial charge in [0.2, 0.25) is 11.8 Å². The van der Waals surface area contributed by atoms with Gasteiger partial charge in [-0.2, -0.15) is 0 Å². The van der Waals surface area contributed by atoms with Crippen molar-refractivity contribution in [3.8, 4) is 0 Å². The lowest BCUT2D eigenvalue weighted by Crippen LogP contribution is -2.40. The molecule has 0 bridgehead atoms. The molecule has 2 fully saturated rings. The first-order valence-corrected chi connectivity index (χ1v) is 6.86. The summed E-state index contributed by atoms with van der Waals surface area (Å²) in [6.45, 7) is 1.86. The van der Waals surface area contributed by atoms with Gasteiger partial charge in [0.05, 0.1) is 5.92 Å². The van der Waals surface area contributed by atoms with Crippen molar-refractivity contribution < 1.29 is 19.2 Å². The van der Waals surface area contributed by atoms with Crippen LogP contribution in [0.5, 0.6) is 0 Å². The van der Waals surface area contributed by atoms with Gasteiger partial charge in [-0.1, -0.05) is 13.3 Å². The SMILES string of the molecule is C[C@@H]1CCC[C@@H](C(=O)CC2CC(=O)NC(=O)C2)C1=O. The van der Waals surface area contributed by atoms with Crippen LogP contribution in [0, 0.1) is 17.8 Å². The predicted octanol–water partition coefficient (Wildman–Crippen LogP) is 1.00. The normalized spacial score (nSPS) is 29.2. The fourth-order valence-electron chi connectivity index (χ4n) is 3.00. The zero-order chi connectivity index (χ0) is 14.0. The lowest BCUT2D eigenvalue weighted by atomic mass is 9.76. The monoisotopic (exact) mass is 265 g/mol. The first-order valence-electron chi connectivity index (χ1n) is 6.86. The van der Waals surface area contributed by atoms with Crippen molar-refractivity contribution in [1.82, 2.24) is 5.32 Å². The van der Waals surface area contributed by atoms with Crippen molar-refractivity contribution in [3.05, 3.63) is 0 Å². The third-order valence-electron chi connectivity index (χ3n) is 4.06. The third kappa shape index (κ3) is 3.28. The molecule has 0 aromatic carbocycles. The first kappa shape index (κ1) is 13.9. The molecule has 1 heterocycles. The van der Waals surface area contributed by atoms with E-state index < -0.39 is 5.92 Å². The number of piperidine rings is 1. The fraction of sp³-hybridized carbons (Fsp3) is 0.714. The maximum Gasteiger partial charge on any atom is 0.226 e. The molecule has 1 aliphatic heterocycles. The molecule has 5 heteroatoms. The molecule has 0 spiro atoms. The average Bonchev–Trinajstić information content (AvgIpc) is 2.31. The zero-order valence-corrected chi connectivity index (χ0v) is 11.1. The molecule has 2 atom stereocenters. The molecule has 2 aliphatic rings. The van der Waals surface area contributed by atoms with E-state index in [4.69, 9.17) is 0 Å². The van der Waals surface area contributed by atoms with Crippen molar-refractivity contribution in [2.75, 3.05) is 0 Å². The van der Waals surface area contributed by atoms with Gasteiger partial charge in [0.25, 0.3) is 0 Å². The molecule has 2 rings (SSSR count). The molecule has 0 aromatic rings. The Morgan fingerprint density at radius 2 is 1.79 bits per heavy atom. The van der Waals surface area contributed by atoms with E-state index in [0.29, 0.717) is 6.42 Å². The summed E-state index contributed by atoms with van der Waals surface area (Å²) in [4.78, 5) is 46.6. The van der Waals surface area contributed by atoms with Crippen LogP contribution in [0.1, 0.15) is 45.4 Å². The van der Waals surface area contributed by atoms with Gasteiger partial charge in [-0.3, -0.25) is 24.5 Å². The Morgan fingerprint density at radius 1 is 1.16 bits per heavy atom. The van der Waals surface area contributed by atoms with Crippen LogP contribution in [0.15, 0.2) is 0 Å². The van der Waals surface area contributed by atoms with E-state index in [1.807, 2.05) is 6.92 Å². The Morgan fingerprint density at radius 3 is 2.42 bits per heavy atom. The summed E-state index contributed by atoms with van der Waals surface area (Å²) in [7, 11) is 0. The average molecular weight is 265 g/mol. The Hall–Kier alpha value is -1.52. The zero-order valence-electron chi connectivity index (χ0n) is 11.1. The van der Waals surface area contributed by atoms with Crippen LogP contribution >= 0.6 is 0 Å². The Kier molecular flexibility index (Phi) is 4.12.